The first-order chi connectivity index (χ1) is 5.24. The minimum absolute atomic E-state index is 0.359. The molecule has 1 heteroatoms. The van der Waals surface area contributed by atoms with E-state index in [2.05, 4.69) is 0 Å². The van der Waals surface area contributed by atoms with Gasteiger partial charge in [0.25, 0.3) is 0 Å². The number of rotatable bonds is 1. The van der Waals surface area contributed by atoms with Gasteiger partial charge in [0, 0.05) is 0 Å². The lowest BCUT2D eigenvalue weighted by atomic mass is 10.1. The van der Waals surface area contributed by atoms with E-state index in [-0.39, 0.29) is 0 Å². The molecule has 0 radical (unpaired) electrons. The van der Waals surface area contributed by atoms with E-state index in [4.69, 9.17) is 0 Å². The SMILES string of the molecule is C/C=C/c1ccc(O)c(C)c1. The second kappa shape index (κ2) is 3.24. The molecule has 0 saturated heterocycles. The highest BCUT2D eigenvalue weighted by atomic mass is 16.3. The highest BCUT2D eigenvalue weighted by molar-refractivity contribution is 5.52. The Hall–Kier alpha value is -1.24. The molecule has 1 aromatic rings. The zero-order chi connectivity index (χ0) is 8.27. The molecule has 0 aliphatic carbocycles. The van der Waals surface area contributed by atoms with Gasteiger partial charge in [0.05, 0.1) is 0 Å². The summed E-state index contributed by atoms with van der Waals surface area (Å²) in [6.07, 6.45) is 3.98. The number of aromatic hydroxyl groups is 1. The molecule has 0 aromatic heterocycles. The fraction of sp³-hybridized carbons (Fsp3) is 0.200. The summed E-state index contributed by atoms with van der Waals surface area (Å²) >= 11 is 0. The second-order valence-corrected chi connectivity index (χ2v) is 2.55. The maximum Gasteiger partial charge on any atom is 0.118 e. The predicted octanol–water partition coefficient (Wildman–Crippen LogP) is 2.73. The summed E-state index contributed by atoms with van der Waals surface area (Å²) in [4.78, 5) is 0. The Morgan fingerprint density at radius 2 is 2.09 bits per heavy atom. The summed E-state index contributed by atoms with van der Waals surface area (Å²) in [7, 11) is 0. The molecule has 0 bridgehead atoms. The first-order valence-electron chi connectivity index (χ1n) is 3.66. The fourth-order valence-electron chi connectivity index (χ4n) is 0.975. The normalized spacial score (nSPS) is 10.7. The maximum absolute atomic E-state index is 9.19. The van der Waals surface area contributed by atoms with Crippen LogP contribution >= 0.6 is 0 Å². The van der Waals surface area contributed by atoms with Gasteiger partial charge in [-0.3, -0.25) is 0 Å². The van der Waals surface area contributed by atoms with E-state index in [1.165, 1.54) is 0 Å². The van der Waals surface area contributed by atoms with Crippen LogP contribution in [0.15, 0.2) is 24.3 Å². The summed E-state index contributed by atoms with van der Waals surface area (Å²) in [6, 6.07) is 5.56. The number of allylic oxidation sites excluding steroid dienone is 1. The van der Waals surface area contributed by atoms with Crippen LogP contribution in [-0.2, 0) is 0 Å². The smallest absolute Gasteiger partial charge is 0.118 e. The molecule has 0 aliphatic rings. The molecule has 0 fully saturated rings. The van der Waals surface area contributed by atoms with E-state index in [1.807, 2.05) is 38.1 Å². The van der Waals surface area contributed by atoms with Gasteiger partial charge in [0.1, 0.15) is 5.75 Å². The number of hydrogen-bond donors (Lipinski definition) is 1. The summed E-state index contributed by atoms with van der Waals surface area (Å²) in [5.74, 6) is 0.359. The topological polar surface area (TPSA) is 20.2 Å². The van der Waals surface area contributed by atoms with Crippen molar-refractivity contribution in [3.8, 4) is 5.75 Å². The molecule has 1 aromatic carbocycles. The lowest BCUT2D eigenvalue weighted by molar-refractivity contribution is 0.471. The van der Waals surface area contributed by atoms with Crippen molar-refractivity contribution in [2.45, 2.75) is 13.8 Å². The Labute approximate surface area is 67.0 Å². The van der Waals surface area contributed by atoms with Gasteiger partial charge in [-0.15, -0.1) is 0 Å². The molecule has 0 atom stereocenters. The highest BCUT2D eigenvalue weighted by Gasteiger charge is 1.93. The molecular weight excluding hydrogens is 136 g/mol. The van der Waals surface area contributed by atoms with E-state index < -0.39 is 0 Å². The molecule has 11 heavy (non-hydrogen) atoms. The van der Waals surface area contributed by atoms with Crippen molar-refractivity contribution in [2.75, 3.05) is 0 Å². The zero-order valence-corrected chi connectivity index (χ0v) is 6.83. The molecule has 0 amide bonds. The Morgan fingerprint density at radius 3 is 2.64 bits per heavy atom. The van der Waals surface area contributed by atoms with E-state index >= 15 is 0 Å². The average Bonchev–Trinajstić information content (AvgIpc) is 1.98. The van der Waals surface area contributed by atoms with E-state index in [0.29, 0.717) is 5.75 Å². The van der Waals surface area contributed by atoms with E-state index in [1.54, 1.807) is 6.07 Å². The van der Waals surface area contributed by atoms with Crippen LogP contribution in [0.1, 0.15) is 18.1 Å². The Morgan fingerprint density at radius 1 is 1.36 bits per heavy atom. The molecule has 1 N–H and O–H groups in total. The third-order valence-corrected chi connectivity index (χ3v) is 1.58. The van der Waals surface area contributed by atoms with Crippen LogP contribution in [0.3, 0.4) is 0 Å². The predicted molar refractivity (Wildman–Crippen MR) is 47.6 cm³/mol. The van der Waals surface area contributed by atoms with Crippen LogP contribution in [-0.4, -0.2) is 5.11 Å². The minimum Gasteiger partial charge on any atom is -0.508 e. The Kier molecular flexibility index (Phi) is 2.32. The largest absolute Gasteiger partial charge is 0.508 e. The molecule has 0 heterocycles. The zero-order valence-electron chi connectivity index (χ0n) is 6.83. The lowest BCUT2D eigenvalue weighted by Gasteiger charge is -1.98. The van der Waals surface area contributed by atoms with Crippen molar-refractivity contribution < 1.29 is 5.11 Å². The van der Waals surface area contributed by atoms with Crippen molar-refractivity contribution in [1.29, 1.82) is 0 Å². The van der Waals surface area contributed by atoms with Gasteiger partial charge in [-0.05, 0) is 37.1 Å². The van der Waals surface area contributed by atoms with Crippen LogP contribution in [0.4, 0.5) is 0 Å². The molecule has 1 rings (SSSR count). The monoisotopic (exact) mass is 148 g/mol. The van der Waals surface area contributed by atoms with Crippen molar-refractivity contribution >= 4 is 6.08 Å². The first kappa shape index (κ1) is 7.86. The summed E-state index contributed by atoms with van der Waals surface area (Å²) in [5.41, 5.74) is 2.04. The van der Waals surface area contributed by atoms with Crippen molar-refractivity contribution in [3.63, 3.8) is 0 Å². The minimum atomic E-state index is 0.359. The van der Waals surface area contributed by atoms with Crippen LogP contribution in [0, 0.1) is 6.92 Å². The third kappa shape index (κ3) is 1.84. The van der Waals surface area contributed by atoms with Crippen molar-refractivity contribution in [2.24, 2.45) is 0 Å². The highest BCUT2D eigenvalue weighted by Crippen LogP contribution is 2.17. The van der Waals surface area contributed by atoms with Crippen LogP contribution in [0.2, 0.25) is 0 Å². The maximum atomic E-state index is 9.19. The first-order valence-corrected chi connectivity index (χ1v) is 3.66. The van der Waals surface area contributed by atoms with E-state index in [0.717, 1.165) is 11.1 Å². The molecule has 0 unspecified atom stereocenters. The number of phenolic OH excluding ortho intramolecular Hbond substituents is 1. The molecular formula is C10H12O. The Balaban J connectivity index is 3.05. The van der Waals surface area contributed by atoms with Crippen LogP contribution < -0.4 is 0 Å². The van der Waals surface area contributed by atoms with E-state index in [9.17, 15) is 5.11 Å². The lowest BCUT2D eigenvalue weighted by Crippen LogP contribution is -1.76. The second-order valence-electron chi connectivity index (χ2n) is 2.55. The van der Waals surface area contributed by atoms with Gasteiger partial charge < -0.3 is 5.11 Å². The number of phenols is 1. The van der Waals surface area contributed by atoms with Crippen molar-refractivity contribution in [1.82, 2.24) is 0 Å². The van der Waals surface area contributed by atoms with Gasteiger partial charge >= 0.3 is 0 Å². The van der Waals surface area contributed by atoms with Gasteiger partial charge in [-0.1, -0.05) is 18.2 Å². The third-order valence-electron chi connectivity index (χ3n) is 1.58. The molecule has 0 spiro atoms. The summed E-state index contributed by atoms with van der Waals surface area (Å²) in [6.45, 7) is 3.87. The standard InChI is InChI=1S/C10H12O/c1-3-4-9-5-6-10(11)8(2)7-9/h3-7,11H,1-2H3/b4-3+. The number of benzene rings is 1. The van der Waals surface area contributed by atoms with Gasteiger partial charge in [0.2, 0.25) is 0 Å². The van der Waals surface area contributed by atoms with Crippen LogP contribution in [0.5, 0.6) is 5.75 Å². The molecule has 58 valence electrons. The van der Waals surface area contributed by atoms with Gasteiger partial charge in [-0.25, -0.2) is 0 Å². The number of aryl methyl sites for hydroxylation is 1. The molecule has 0 saturated carbocycles. The van der Waals surface area contributed by atoms with Gasteiger partial charge in [0.15, 0.2) is 0 Å². The molecule has 0 aliphatic heterocycles. The molecule has 1 nitrogen and oxygen atoms in total. The summed E-state index contributed by atoms with van der Waals surface area (Å²) < 4.78 is 0. The number of hydrogen-bond acceptors (Lipinski definition) is 1. The quantitative estimate of drug-likeness (QED) is 0.649. The van der Waals surface area contributed by atoms with Gasteiger partial charge in [-0.2, -0.15) is 0 Å². The Bertz CT molecular complexity index is 274. The average molecular weight is 148 g/mol. The van der Waals surface area contributed by atoms with Crippen LogP contribution in [0.25, 0.3) is 6.08 Å². The summed E-state index contributed by atoms with van der Waals surface area (Å²) in [5, 5.41) is 9.19. The fourth-order valence-corrected chi connectivity index (χ4v) is 0.975. The van der Waals surface area contributed by atoms with Crippen molar-refractivity contribution in [3.05, 3.63) is 35.4 Å².